The molecule has 0 saturated heterocycles. The van der Waals surface area contributed by atoms with Crippen LogP contribution in [0, 0.1) is 34.5 Å². The highest BCUT2D eigenvalue weighted by Crippen LogP contribution is 2.67. The predicted molar refractivity (Wildman–Crippen MR) is 95.2 cm³/mol. The molecule has 0 aliphatic heterocycles. The molecule has 3 N–H and O–H groups in total. The highest BCUT2D eigenvalue weighted by Gasteiger charge is 2.68. The largest absolute Gasteiger partial charge is 0.393 e. The van der Waals surface area contributed by atoms with Gasteiger partial charge in [-0.25, -0.2) is 0 Å². The standard InChI is InChI=1S/C21H32O5/c1-19-7-5-13(23)9-12(19)3-4-14-15-6-8-21(26,17(25)11-22)20(15,2)10-16(24)18(14)19/h12-15,18,22-23,26H,3-11H2,1-2H3/t12-,13-,14+,15+,18-,19+,20+,21-/m1/s1. The molecule has 4 rings (SSSR count). The van der Waals surface area contributed by atoms with Gasteiger partial charge in [-0.1, -0.05) is 13.8 Å². The van der Waals surface area contributed by atoms with Crippen LogP contribution in [-0.2, 0) is 9.59 Å². The second-order valence-corrected chi connectivity index (χ2v) is 10.00. The van der Waals surface area contributed by atoms with E-state index in [4.69, 9.17) is 0 Å². The molecule has 4 aliphatic rings. The molecule has 0 unspecified atom stereocenters. The number of hydrogen-bond donors (Lipinski definition) is 3. The molecule has 5 heteroatoms. The summed E-state index contributed by atoms with van der Waals surface area (Å²) < 4.78 is 0. The Morgan fingerprint density at radius 2 is 1.88 bits per heavy atom. The van der Waals surface area contributed by atoms with Gasteiger partial charge in [-0.05, 0) is 68.1 Å². The fourth-order valence-corrected chi connectivity index (χ4v) is 7.64. The predicted octanol–water partition coefficient (Wildman–Crippen LogP) is 1.86. The van der Waals surface area contributed by atoms with Crippen LogP contribution in [0.4, 0.5) is 0 Å². The van der Waals surface area contributed by atoms with Crippen LogP contribution in [0.25, 0.3) is 0 Å². The highest BCUT2D eigenvalue weighted by molar-refractivity contribution is 5.92. The second kappa shape index (κ2) is 5.86. The molecule has 8 atom stereocenters. The molecule has 0 bridgehead atoms. The summed E-state index contributed by atoms with van der Waals surface area (Å²) in [6.45, 7) is 3.46. The van der Waals surface area contributed by atoms with Crippen molar-refractivity contribution < 1.29 is 24.9 Å². The van der Waals surface area contributed by atoms with Gasteiger partial charge in [0.25, 0.3) is 0 Å². The molecule has 26 heavy (non-hydrogen) atoms. The lowest BCUT2D eigenvalue weighted by Crippen LogP contribution is -2.62. The molecule has 4 saturated carbocycles. The highest BCUT2D eigenvalue weighted by atomic mass is 16.3. The van der Waals surface area contributed by atoms with Crippen LogP contribution < -0.4 is 0 Å². The van der Waals surface area contributed by atoms with Gasteiger partial charge >= 0.3 is 0 Å². The maximum Gasteiger partial charge on any atom is 0.190 e. The Bertz CT molecular complexity index is 632. The van der Waals surface area contributed by atoms with Crippen molar-refractivity contribution in [3.8, 4) is 0 Å². The lowest BCUT2D eigenvalue weighted by atomic mass is 9.44. The Hall–Kier alpha value is -0.780. The third kappa shape index (κ3) is 2.20. The summed E-state index contributed by atoms with van der Waals surface area (Å²) in [7, 11) is 0. The minimum atomic E-state index is -1.58. The number of aliphatic hydroxyl groups excluding tert-OH is 2. The number of fused-ring (bicyclic) bond motifs is 5. The molecule has 0 aromatic carbocycles. The fourth-order valence-electron chi connectivity index (χ4n) is 7.64. The summed E-state index contributed by atoms with van der Waals surface area (Å²) in [6.07, 6.45) is 5.47. The van der Waals surface area contributed by atoms with Crippen molar-refractivity contribution in [1.29, 1.82) is 0 Å². The summed E-state index contributed by atoms with van der Waals surface area (Å²) in [5.74, 6) is 0.380. The van der Waals surface area contributed by atoms with E-state index in [1.165, 1.54) is 0 Å². The molecular weight excluding hydrogens is 332 g/mol. The van der Waals surface area contributed by atoms with Gasteiger partial charge in [-0.2, -0.15) is 0 Å². The van der Waals surface area contributed by atoms with Crippen LogP contribution in [0.2, 0.25) is 0 Å². The van der Waals surface area contributed by atoms with Crippen LogP contribution >= 0.6 is 0 Å². The Morgan fingerprint density at radius 1 is 1.15 bits per heavy atom. The third-order valence-electron chi connectivity index (χ3n) is 9.08. The zero-order valence-electron chi connectivity index (χ0n) is 15.9. The van der Waals surface area contributed by atoms with Crippen molar-refractivity contribution in [3.63, 3.8) is 0 Å². The number of carbonyl (C=O) groups excluding carboxylic acids is 2. The van der Waals surface area contributed by atoms with Gasteiger partial charge in [-0.15, -0.1) is 0 Å². The van der Waals surface area contributed by atoms with E-state index in [0.29, 0.717) is 12.3 Å². The minimum Gasteiger partial charge on any atom is -0.393 e. The van der Waals surface area contributed by atoms with E-state index < -0.39 is 23.4 Å². The number of rotatable bonds is 2. The quantitative estimate of drug-likeness (QED) is 0.695. The van der Waals surface area contributed by atoms with Crippen LogP contribution in [0.15, 0.2) is 0 Å². The summed E-state index contributed by atoms with van der Waals surface area (Å²) in [6, 6.07) is 0. The topological polar surface area (TPSA) is 94.8 Å². The smallest absolute Gasteiger partial charge is 0.190 e. The molecule has 5 nitrogen and oxygen atoms in total. The number of ketones is 2. The zero-order valence-corrected chi connectivity index (χ0v) is 15.9. The Labute approximate surface area is 155 Å². The summed E-state index contributed by atoms with van der Waals surface area (Å²) in [4.78, 5) is 25.7. The molecule has 146 valence electrons. The van der Waals surface area contributed by atoms with Gasteiger partial charge in [0.05, 0.1) is 6.10 Å². The van der Waals surface area contributed by atoms with Gasteiger partial charge < -0.3 is 15.3 Å². The lowest BCUT2D eigenvalue weighted by Gasteiger charge is -2.60. The molecule has 0 heterocycles. The SMILES string of the molecule is C[C@]12CC[C@@H](O)C[C@H]1CC[C@@H]1[C@@H]2C(=O)C[C@@]2(C)[C@H]1CC[C@@]2(O)C(=O)CO. The minimum absolute atomic E-state index is 0.0154. The molecule has 0 aromatic rings. The number of carbonyl (C=O) groups is 2. The maximum atomic E-state index is 13.4. The monoisotopic (exact) mass is 364 g/mol. The normalized spacial score (nSPS) is 53.6. The second-order valence-electron chi connectivity index (χ2n) is 10.00. The van der Waals surface area contributed by atoms with Gasteiger partial charge in [0.15, 0.2) is 5.78 Å². The lowest BCUT2D eigenvalue weighted by molar-refractivity contribution is -0.180. The first-order valence-corrected chi connectivity index (χ1v) is 10.2. The van der Waals surface area contributed by atoms with Crippen LogP contribution in [0.3, 0.4) is 0 Å². The molecule has 0 radical (unpaired) electrons. The molecule has 0 amide bonds. The summed E-state index contributed by atoms with van der Waals surface area (Å²) in [5, 5.41) is 30.6. The average molecular weight is 364 g/mol. The van der Waals surface area contributed by atoms with Crippen molar-refractivity contribution >= 4 is 11.6 Å². The van der Waals surface area contributed by atoms with E-state index in [0.717, 1.165) is 38.5 Å². The number of aliphatic hydroxyl groups is 3. The van der Waals surface area contributed by atoms with Crippen LogP contribution in [0.1, 0.15) is 65.2 Å². The molecular formula is C21H32O5. The molecule has 4 fully saturated rings. The van der Waals surface area contributed by atoms with E-state index in [-0.39, 0.29) is 41.5 Å². The third-order valence-corrected chi connectivity index (χ3v) is 9.08. The number of hydrogen-bond acceptors (Lipinski definition) is 5. The first kappa shape index (κ1) is 18.6. The zero-order chi connectivity index (χ0) is 18.9. The van der Waals surface area contributed by atoms with Crippen LogP contribution in [0.5, 0.6) is 0 Å². The Morgan fingerprint density at radius 3 is 2.58 bits per heavy atom. The molecule has 0 aromatic heterocycles. The summed E-state index contributed by atoms with van der Waals surface area (Å²) in [5.41, 5.74) is -2.40. The van der Waals surface area contributed by atoms with E-state index in [1.54, 1.807) is 0 Å². The Balaban J connectivity index is 1.70. The van der Waals surface area contributed by atoms with E-state index in [1.807, 2.05) is 6.92 Å². The Kier molecular flexibility index (Phi) is 4.18. The maximum absolute atomic E-state index is 13.4. The fraction of sp³-hybridized carbons (Fsp3) is 0.905. The average Bonchev–Trinajstić information content (AvgIpc) is 2.86. The van der Waals surface area contributed by atoms with Gasteiger partial charge in [0.1, 0.15) is 18.0 Å². The van der Waals surface area contributed by atoms with Crippen molar-refractivity contribution in [1.82, 2.24) is 0 Å². The molecule has 0 spiro atoms. The van der Waals surface area contributed by atoms with E-state index >= 15 is 0 Å². The number of Topliss-reactive ketones (excluding diaryl/α,β-unsaturated/α-hetero) is 2. The van der Waals surface area contributed by atoms with Gasteiger partial charge in [0.2, 0.25) is 0 Å². The summed E-state index contributed by atoms with van der Waals surface area (Å²) >= 11 is 0. The van der Waals surface area contributed by atoms with Crippen molar-refractivity contribution in [2.45, 2.75) is 76.9 Å². The van der Waals surface area contributed by atoms with E-state index in [9.17, 15) is 24.9 Å². The van der Waals surface area contributed by atoms with Crippen molar-refractivity contribution in [3.05, 3.63) is 0 Å². The first-order chi connectivity index (χ1) is 12.2. The van der Waals surface area contributed by atoms with Crippen LogP contribution in [-0.4, -0.2) is 45.2 Å². The molecule has 4 aliphatic carbocycles. The first-order valence-electron chi connectivity index (χ1n) is 10.2. The van der Waals surface area contributed by atoms with Gasteiger partial charge in [0, 0.05) is 17.8 Å². The van der Waals surface area contributed by atoms with Crippen molar-refractivity contribution in [2.75, 3.05) is 6.61 Å². The van der Waals surface area contributed by atoms with Gasteiger partial charge in [-0.3, -0.25) is 9.59 Å². The van der Waals surface area contributed by atoms with E-state index in [2.05, 4.69) is 6.92 Å². The van der Waals surface area contributed by atoms with Crippen molar-refractivity contribution in [2.24, 2.45) is 34.5 Å².